The lowest BCUT2D eigenvalue weighted by atomic mass is 10.2. The van der Waals surface area contributed by atoms with Gasteiger partial charge in [-0.05, 0) is 42.5 Å². The van der Waals surface area contributed by atoms with Crippen LogP contribution in [0.4, 0.5) is 5.69 Å². The number of carbonyl (C=O) groups excluding carboxylic acids is 1. The molecule has 0 fully saturated rings. The highest BCUT2D eigenvalue weighted by atomic mass is 35.5. The van der Waals surface area contributed by atoms with Gasteiger partial charge in [0.1, 0.15) is 16.2 Å². The molecule has 4 rings (SSSR count). The van der Waals surface area contributed by atoms with Crippen molar-refractivity contribution in [3.05, 3.63) is 82.9 Å². The maximum Gasteiger partial charge on any atom is 0.347 e. The zero-order valence-electron chi connectivity index (χ0n) is 15.6. The molecule has 3 aromatic rings. The molecule has 1 aliphatic heterocycles. The molecule has 152 valence electrons. The number of rotatable bonds is 4. The molecule has 0 saturated heterocycles. The van der Waals surface area contributed by atoms with Gasteiger partial charge in [0, 0.05) is 10.6 Å². The molecule has 9 heteroatoms. The summed E-state index contributed by atoms with van der Waals surface area (Å²) >= 11 is 6.10. The van der Waals surface area contributed by atoms with Gasteiger partial charge in [-0.15, -0.1) is 4.40 Å². The zero-order chi connectivity index (χ0) is 21.3. The molecule has 0 bridgehead atoms. The molecule has 1 N–H and O–H groups in total. The van der Waals surface area contributed by atoms with Crippen molar-refractivity contribution in [1.82, 2.24) is 0 Å². The maximum absolute atomic E-state index is 12.7. The molecular formula is C21H15ClN2O5S. The smallest absolute Gasteiger partial charge is 0.347 e. The Morgan fingerprint density at radius 2 is 1.73 bits per heavy atom. The van der Waals surface area contributed by atoms with Crippen LogP contribution >= 0.6 is 11.6 Å². The van der Waals surface area contributed by atoms with Crippen LogP contribution in [-0.4, -0.2) is 27.3 Å². The van der Waals surface area contributed by atoms with E-state index in [-0.39, 0.29) is 27.7 Å². The number of nitrogens with zero attached hydrogens (tertiary/aromatic N) is 1. The number of ether oxygens (including phenoxy) is 2. The summed E-state index contributed by atoms with van der Waals surface area (Å²) in [5.41, 5.74) is 0.947. The summed E-state index contributed by atoms with van der Waals surface area (Å²) in [5, 5.41) is 3.29. The van der Waals surface area contributed by atoms with Gasteiger partial charge in [-0.3, -0.25) is 0 Å². The Morgan fingerprint density at radius 3 is 2.53 bits per heavy atom. The number of halogens is 1. The van der Waals surface area contributed by atoms with E-state index in [1.54, 1.807) is 48.5 Å². The van der Waals surface area contributed by atoms with Crippen LogP contribution in [0.3, 0.4) is 0 Å². The van der Waals surface area contributed by atoms with E-state index in [1.807, 2.05) is 0 Å². The van der Waals surface area contributed by atoms with Crippen LogP contribution < -0.4 is 14.8 Å². The lowest BCUT2D eigenvalue weighted by Gasteiger charge is -2.14. The van der Waals surface area contributed by atoms with Crippen molar-refractivity contribution in [3.8, 4) is 11.5 Å². The standard InChI is InChI=1S/C21H15ClN2O5S/c1-28-17-8-4-2-6-14(17)21(25)29-18-11-10-13(22)12-16(18)23-20-15-7-3-5-9-19(15)30(26,27)24-20/h2-12H,1H3,(H,23,24). The second-order valence-corrected chi connectivity index (χ2v) is 8.28. The monoisotopic (exact) mass is 442 g/mol. The highest BCUT2D eigenvalue weighted by Gasteiger charge is 2.29. The van der Waals surface area contributed by atoms with Crippen molar-refractivity contribution in [1.29, 1.82) is 0 Å². The second kappa shape index (κ2) is 7.81. The fraction of sp³-hybridized carbons (Fsp3) is 0.0476. The van der Waals surface area contributed by atoms with E-state index >= 15 is 0 Å². The van der Waals surface area contributed by atoms with Crippen LogP contribution in [0.1, 0.15) is 15.9 Å². The van der Waals surface area contributed by atoms with Crippen molar-refractivity contribution in [2.45, 2.75) is 4.90 Å². The summed E-state index contributed by atoms with van der Waals surface area (Å²) in [6.45, 7) is 0. The van der Waals surface area contributed by atoms with E-state index in [0.29, 0.717) is 16.3 Å². The first kappa shape index (κ1) is 19.9. The molecule has 0 amide bonds. The van der Waals surface area contributed by atoms with Crippen LogP contribution in [0.2, 0.25) is 5.02 Å². The number of esters is 1. The van der Waals surface area contributed by atoms with Crippen molar-refractivity contribution < 1.29 is 22.7 Å². The Kier molecular flexibility index (Phi) is 5.19. The SMILES string of the molecule is COc1ccccc1C(=O)Oc1ccc(Cl)cc1NC1=NS(=O)(=O)c2ccccc21. The molecule has 0 spiro atoms. The largest absolute Gasteiger partial charge is 0.496 e. The highest BCUT2D eigenvalue weighted by Crippen LogP contribution is 2.33. The summed E-state index contributed by atoms with van der Waals surface area (Å²) in [6, 6.07) is 17.7. The number of amidine groups is 1. The molecule has 0 saturated carbocycles. The first-order valence-corrected chi connectivity index (χ1v) is 10.6. The number of fused-ring (bicyclic) bond motifs is 1. The zero-order valence-corrected chi connectivity index (χ0v) is 17.2. The van der Waals surface area contributed by atoms with Gasteiger partial charge >= 0.3 is 5.97 Å². The van der Waals surface area contributed by atoms with Crippen LogP contribution in [-0.2, 0) is 10.0 Å². The molecular weight excluding hydrogens is 428 g/mol. The minimum atomic E-state index is -3.80. The highest BCUT2D eigenvalue weighted by molar-refractivity contribution is 7.90. The van der Waals surface area contributed by atoms with E-state index in [4.69, 9.17) is 21.1 Å². The van der Waals surface area contributed by atoms with E-state index in [2.05, 4.69) is 9.71 Å². The normalized spacial score (nSPS) is 13.9. The fourth-order valence-electron chi connectivity index (χ4n) is 2.98. The van der Waals surface area contributed by atoms with Gasteiger partial charge in [0.05, 0.1) is 12.8 Å². The first-order valence-electron chi connectivity index (χ1n) is 8.75. The number of methoxy groups -OCH3 is 1. The lowest BCUT2D eigenvalue weighted by molar-refractivity contribution is 0.0732. The Labute approximate surface area is 178 Å². The molecule has 1 heterocycles. The summed E-state index contributed by atoms with van der Waals surface area (Å²) in [4.78, 5) is 12.8. The summed E-state index contributed by atoms with van der Waals surface area (Å²) in [6.07, 6.45) is 0. The first-order chi connectivity index (χ1) is 14.4. The van der Waals surface area contributed by atoms with E-state index in [1.165, 1.54) is 25.3 Å². The number of carbonyl (C=O) groups is 1. The molecule has 0 radical (unpaired) electrons. The van der Waals surface area contributed by atoms with Gasteiger partial charge < -0.3 is 14.8 Å². The Balaban J connectivity index is 1.68. The Bertz CT molecular complexity index is 1290. The van der Waals surface area contributed by atoms with Crippen LogP contribution in [0, 0.1) is 0 Å². The van der Waals surface area contributed by atoms with E-state index < -0.39 is 16.0 Å². The Morgan fingerprint density at radius 1 is 1.00 bits per heavy atom. The molecule has 7 nitrogen and oxygen atoms in total. The third kappa shape index (κ3) is 3.74. The third-order valence-corrected chi connectivity index (χ3v) is 5.93. The quantitative estimate of drug-likeness (QED) is 0.482. The van der Waals surface area contributed by atoms with Crippen LogP contribution in [0.5, 0.6) is 11.5 Å². The van der Waals surface area contributed by atoms with Gasteiger partial charge in [-0.25, -0.2) is 4.79 Å². The molecule has 1 aliphatic rings. The van der Waals surface area contributed by atoms with Gasteiger partial charge in [0.15, 0.2) is 11.6 Å². The van der Waals surface area contributed by atoms with Crippen LogP contribution in [0.15, 0.2) is 76.0 Å². The molecule has 0 unspecified atom stereocenters. The van der Waals surface area contributed by atoms with Crippen molar-refractivity contribution >= 4 is 39.1 Å². The van der Waals surface area contributed by atoms with Crippen molar-refractivity contribution in [3.63, 3.8) is 0 Å². The van der Waals surface area contributed by atoms with Crippen LogP contribution in [0.25, 0.3) is 0 Å². The number of anilines is 1. The summed E-state index contributed by atoms with van der Waals surface area (Å²) in [5.74, 6) is -0.00684. The van der Waals surface area contributed by atoms with Crippen molar-refractivity contribution in [2.75, 3.05) is 12.4 Å². The van der Waals surface area contributed by atoms with Gasteiger partial charge in [0.2, 0.25) is 0 Å². The second-order valence-electron chi connectivity index (χ2n) is 6.27. The minimum absolute atomic E-state index is 0.0992. The number of benzene rings is 3. The molecule has 30 heavy (non-hydrogen) atoms. The average Bonchev–Trinajstić information content (AvgIpc) is 3.00. The molecule has 3 aromatic carbocycles. The molecule has 0 aliphatic carbocycles. The minimum Gasteiger partial charge on any atom is -0.496 e. The lowest BCUT2D eigenvalue weighted by Crippen LogP contribution is -2.15. The van der Waals surface area contributed by atoms with E-state index in [0.717, 1.165) is 0 Å². The van der Waals surface area contributed by atoms with E-state index in [9.17, 15) is 13.2 Å². The number of hydrogen-bond acceptors (Lipinski definition) is 6. The van der Waals surface area contributed by atoms with Gasteiger partial charge in [-0.1, -0.05) is 35.9 Å². The summed E-state index contributed by atoms with van der Waals surface area (Å²) in [7, 11) is -2.35. The number of sulfonamides is 1. The van der Waals surface area contributed by atoms with Crippen molar-refractivity contribution in [2.24, 2.45) is 4.40 Å². The number of para-hydroxylation sites is 1. The van der Waals surface area contributed by atoms with Gasteiger partial charge in [0.25, 0.3) is 10.0 Å². The Hall–Kier alpha value is -3.36. The van der Waals surface area contributed by atoms with Gasteiger partial charge in [-0.2, -0.15) is 8.42 Å². The summed E-state index contributed by atoms with van der Waals surface area (Å²) < 4.78 is 39.1. The predicted molar refractivity (Wildman–Crippen MR) is 113 cm³/mol. The maximum atomic E-state index is 12.7. The average molecular weight is 443 g/mol. The number of hydrogen-bond donors (Lipinski definition) is 1. The molecule has 0 atom stereocenters. The number of nitrogens with one attached hydrogen (secondary N) is 1. The molecule has 0 aromatic heterocycles. The predicted octanol–water partition coefficient (Wildman–Crippen LogP) is 4.13. The fourth-order valence-corrected chi connectivity index (χ4v) is 4.33. The third-order valence-electron chi connectivity index (χ3n) is 4.36. The topological polar surface area (TPSA) is 94.1 Å².